The first kappa shape index (κ1) is 35.7. The third-order valence-corrected chi connectivity index (χ3v) is 10.0. The number of halogens is 2. The second-order valence-electron chi connectivity index (χ2n) is 13.5. The lowest BCUT2D eigenvalue weighted by Gasteiger charge is -2.41. The van der Waals surface area contributed by atoms with E-state index in [1.807, 2.05) is 128 Å². The van der Waals surface area contributed by atoms with Crippen molar-refractivity contribution in [3.05, 3.63) is 173 Å². The van der Waals surface area contributed by atoms with Crippen molar-refractivity contribution in [1.29, 1.82) is 0 Å². The molecule has 0 amide bonds. The van der Waals surface area contributed by atoms with Crippen LogP contribution in [-0.4, -0.2) is 46.0 Å². The predicted molar refractivity (Wildman–Crippen MR) is 206 cm³/mol. The Kier molecular flexibility index (Phi) is 10.5. The van der Waals surface area contributed by atoms with E-state index in [0.29, 0.717) is 29.0 Å². The fourth-order valence-electron chi connectivity index (χ4n) is 7.22. The number of aliphatic hydroxyl groups is 1. The fraction of sp³-hybridized carbons (Fsp3) is 0.227. The first-order valence-corrected chi connectivity index (χ1v) is 17.9. The predicted octanol–water partition coefficient (Wildman–Crippen LogP) is 8.00. The third-order valence-electron chi connectivity index (χ3n) is 10.0. The molecule has 0 aliphatic heterocycles. The summed E-state index contributed by atoms with van der Waals surface area (Å²) in [5.41, 5.74) is 12.8. The molecule has 7 nitrogen and oxygen atoms in total. The van der Waals surface area contributed by atoms with E-state index in [4.69, 9.17) is 15.5 Å². The second kappa shape index (κ2) is 15.5. The van der Waals surface area contributed by atoms with Crippen LogP contribution in [0.3, 0.4) is 0 Å². The van der Waals surface area contributed by atoms with Crippen molar-refractivity contribution < 1.29 is 18.6 Å². The highest BCUT2D eigenvalue weighted by atomic mass is 19.2. The Morgan fingerprint density at radius 2 is 1.53 bits per heavy atom. The quantitative estimate of drug-likeness (QED) is 0.0787. The van der Waals surface area contributed by atoms with Crippen LogP contribution in [0, 0.1) is 11.6 Å². The van der Waals surface area contributed by atoms with Gasteiger partial charge in [-0.05, 0) is 73.3 Å². The minimum atomic E-state index is -1.25. The number of aromatic nitrogens is 2. The molecule has 0 saturated heterocycles. The first-order valence-electron chi connectivity index (χ1n) is 17.9. The first-order chi connectivity index (χ1) is 25.8. The van der Waals surface area contributed by atoms with Gasteiger partial charge in [-0.3, -0.25) is 4.99 Å². The van der Waals surface area contributed by atoms with Crippen LogP contribution >= 0.6 is 0 Å². The number of ether oxygens (including phenoxy) is 1. The number of rotatable bonds is 14. The minimum absolute atomic E-state index is 0.0546. The lowest BCUT2D eigenvalue weighted by Crippen LogP contribution is -2.45. The Bertz CT molecular complexity index is 2150. The van der Waals surface area contributed by atoms with Crippen LogP contribution in [0.5, 0.6) is 5.75 Å². The fourth-order valence-corrected chi connectivity index (χ4v) is 7.22. The molecule has 2 heterocycles. The number of benzene rings is 4. The highest BCUT2D eigenvalue weighted by molar-refractivity contribution is 5.99. The van der Waals surface area contributed by atoms with Gasteiger partial charge in [-0.2, -0.15) is 4.39 Å². The van der Waals surface area contributed by atoms with Crippen LogP contribution in [0.2, 0.25) is 0 Å². The molecule has 7 rings (SSSR count). The van der Waals surface area contributed by atoms with Crippen molar-refractivity contribution in [2.45, 2.75) is 50.3 Å². The number of hydrogen-bond acceptors (Lipinski definition) is 6. The standard InChI is InChI=1S/C44H43F2N5O2/c1-29(50-34-19-20-34)36(24-25-53-42-37(21-22-38(45)40(42)46)30-18-23-39-49-27-35(26-48-2)51(39)28-30)41(47)43(52)44(31-12-6-3-7-13-31,32-14-8-4-9-15-32)33-16-10-5-11-17-33/h3-18,21-23,27-28,34,43,48,52H,19-20,24-26,47H2,1-2H3/b41-36-,50-29?. The van der Waals surface area contributed by atoms with Crippen LogP contribution in [0.15, 0.2) is 144 Å². The Balaban J connectivity index is 1.29. The Morgan fingerprint density at radius 3 is 2.09 bits per heavy atom. The average Bonchev–Trinajstić information content (AvgIpc) is 3.93. The topological polar surface area (TPSA) is 97.2 Å². The molecule has 4 aromatic carbocycles. The number of fused-ring (bicyclic) bond motifs is 1. The van der Waals surface area contributed by atoms with E-state index in [-0.39, 0.29) is 30.5 Å². The zero-order valence-corrected chi connectivity index (χ0v) is 29.8. The molecule has 270 valence electrons. The van der Waals surface area contributed by atoms with Crippen molar-refractivity contribution in [2.24, 2.45) is 10.7 Å². The van der Waals surface area contributed by atoms with Gasteiger partial charge in [0.1, 0.15) is 11.8 Å². The van der Waals surface area contributed by atoms with E-state index in [0.717, 1.165) is 46.9 Å². The van der Waals surface area contributed by atoms with Gasteiger partial charge >= 0.3 is 0 Å². The van der Waals surface area contributed by atoms with Gasteiger partial charge in [-0.15, -0.1) is 0 Å². The molecular formula is C44H43F2N5O2. The molecule has 0 bridgehead atoms. The number of pyridine rings is 1. The average molecular weight is 712 g/mol. The number of imidazole rings is 1. The summed E-state index contributed by atoms with van der Waals surface area (Å²) in [7, 11) is 1.85. The van der Waals surface area contributed by atoms with E-state index in [1.54, 1.807) is 6.20 Å². The molecule has 2 aromatic heterocycles. The molecule has 1 fully saturated rings. The third kappa shape index (κ3) is 7.10. The largest absolute Gasteiger partial charge is 0.489 e. The van der Waals surface area contributed by atoms with Crippen LogP contribution in [0.25, 0.3) is 16.8 Å². The maximum Gasteiger partial charge on any atom is 0.201 e. The number of aliphatic imine (C=N–C) groups is 1. The summed E-state index contributed by atoms with van der Waals surface area (Å²) in [5, 5.41) is 15.9. The summed E-state index contributed by atoms with van der Waals surface area (Å²) in [6.45, 7) is 2.41. The monoisotopic (exact) mass is 711 g/mol. The molecule has 1 unspecified atom stereocenters. The molecular weight excluding hydrogens is 669 g/mol. The normalized spacial score (nSPS) is 14.6. The maximum atomic E-state index is 15.6. The zero-order chi connectivity index (χ0) is 37.0. The molecule has 0 spiro atoms. The highest BCUT2D eigenvalue weighted by Crippen LogP contribution is 2.44. The van der Waals surface area contributed by atoms with Crippen molar-refractivity contribution in [2.75, 3.05) is 13.7 Å². The summed E-state index contributed by atoms with van der Waals surface area (Å²) in [4.78, 5) is 9.38. The highest BCUT2D eigenvalue weighted by Gasteiger charge is 2.45. The van der Waals surface area contributed by atoms with Crippen molar-refractivity contribution in [3.63, 3.8) is 0 Å². The summed E-state index contributed by atoms with van der Waals surface area (Å²) in [6, 6.07) is 36.0. The van der Waals surface area contributed by atoms with Crippen molar-refractivity contribution >= 4 is 11.4 Å². The molecule has 53 heavy (non-hydrogen) atoms. The van der Waals surface area contributed by atoms with Gasteiger partial charge in [-0.25, -0.2) is 9.37 Å². The van der Waals surface area contributed by atoms with E-state index in [1.165, 1.54) is 6.07 Å². The Morgan fingerprint density at radius 1 is 0.925 bits per heavy atom. The van der Waals surface area contributed by atoms with E-state index < -0.39 is 23.2 Å². The summed E-state index contributed by atoms with van der Waals surface area (Å²) >= 11 is 0. The molecule has 0 radical (unpaired) electrons. The summed E-state index contributed by atoms with van der Waals surface area (Å²) < 4.78 is 38.5. The molecule has 1 aliphatic carbocycles. The molecule has 6 aromatic rings. The lowest BCUT2D eigenvalue weighted by molar-refractivity contribution is 0.153. The minimum Gasteiger partial charge on any atom is -0.489 e. The SMILES string of the molecule is CNCc1cnc2ccc(-c3ccc(F)c(F)c3OCC/C(C(C)=NC3CC3)=C(/N)C(O)C(c3ccccc3)(c3ccccc3)c3ccccc3)cn12. The molecule has 1 atom stereocenters. The van der Waals surface area contributed by atoms with Crippen molar-refractivity contribution in [1.82, 2.24) is 14.7 Å². The Labute approximate surface area is 308 Å². The number of nitrogens with zero attached hydrogens (tertiary/aromatic N) is 3. The Hall–Kier alpha value is -5.64. The number of nitrogens with two attached hydrogens (primary N) is 1. The molecule has 9 heteroatoms. The van der Waals surface area contributed by atoms with Gasteiger partial charge in [-0.1, -0.05) is 91.0 Å². The van der Waals surface area contributed by atoms with Gasteiger partial charge in [0, 0.05) is 41.7 Å². The summed E-state index contributed by atoms with van der Waals surface area (Å²) in [5.74, 6) is -2.30. The van der Waals surface area contributed by atoms with Gasteiger partial charge in [0.15, 0.2) is 11.6 Å². The maximum absolute atomic E-state index is 15.6. The van der Waals surface area contributed by atoms with Gasteiger partial charge in [0.05, 0.1) is 30.0 Å². The number of nitrogens with one attached hydrogen (secondary N) is 1. The smallest absolute Gasteiger partial charge is 0.201 e. The number of hydrogen-bond donors (Lipinski definition) is 3. The van der Waals surface area contributed by atoms with E-state index in [2.05, 4.69) is 10.3 Å². The zero-order valence-electron chi connectivity index (χ0n) is 29.8. The second-order valence-corrected chi connectivity index (χ2v) is 13.5. The van der Waals surface area contributed by atoms with Crippen LogP contribution in [0.1, 0.15) is 48.6 Å². The lowest BCUT2D eigenvalue weighted by atomic mass is 9.64. The van der Waals surface area contributed by atoms with Crippen LogP contribution < -0.4 is 15.8 Å². The van der Waals surface area contributed by atoms with Gasteiger partial charge in [0.2, 0.25) is 5.82 Å². The molecule has 1 saturated carbocycles. The number of aliphatic hydroxyl groups excluding tert-OH is 1. The van der Waals surface area contributed by atoms with Crippen LogP contribution in [-0.2, 0) is 12.0 Å². The van der Waals surface area contributed by atoms with E-state index >= 15 is 4.39 Å². The van der Waals surface area contributed by atoms with Gasteiger partial charge < -0.3 is 25.3 Å². The van der Waals surface area contributed by atoms with E-state index in [9.17, 15) is 9.50 Å². The van der Waals surface area contributed by atoms with Crippen molar-refractivity contribution in [3.8, 4) is 16.9 Å². The molecule has 1 aliphatic rings. The van der Waals surface area contributed by atoms with Gasteiger partial charge in [0.25, 0.3) is 0 Å². The molecule has 4 N–H and O–H groups in total. The van der Waals surface area contributed by atoms with Crippen LogP contribution in [0.4, 0.5) is 8.78 Å². The summed E-state index contributed by atoms with van der Waals surface area (Å²) in [6.07, 6.45) is 4.50.